The molecule has 0 radical (unpaired) electrons. The minimum Gasteiger partial charge on any atom is -0.388 e. The summed E-state index contributed by atoms with van der Waals surface area (Å²) >= 11 is 0. The summed E-state index contributed by atoms with van der Waals surface area (Å²) < 4.78 is 0. The number of aliphatic hydroxyl groups excluding tert-OH is 1. The predicted molar refractivity (Wildman–Crippen MR) is 65.1 cm³/mol. The van der Waals surface area contributed by atoms with E-state index in [0.717, 1.165) is 22.2 Å². The molecule has 0 saturated heterocycles. The van der Waals surface area contributed by atoms with Crippen molar-refractivity contribution >= 4 is 10.9 Å². The number of hydrogen-bond donors (Lipinski definition) is 2. The lowest BCUT2D eigenvalue weighted by Crippen LogP contribution is -2.07. The van der Waals surface area contributed by atoms with Gasteiger partial charge in [0.2, 0.25) is 0 Å². The smallest absolute Gasteiger partial charge is 0.0809 e. The number of nitrogens with two attached hydrogens (primary N) is 1. The van der Waals surface area contributed by atoms with E-state index in [1.54, 1.807) is 0 Å². The molecule has 3 N–H and O–H groups in total. The first-order valence-corrected chi connectivity index (χ1v) is 5.47. The normalized spacial score (nSPS) is 12.9. The number of para-hydroxylation sites is 1. The number of fused-ring (bicyclic) bond motifs is 1. The van der Waals surface area contributed by atoms with Gasteiger partial charge in [0.1, 0.15) is 0 Å². The molecule has 0 bridgehead atoms. The summed E-state index contributed by atoms with van der Waals surface area (Å²) in [7, 11) is 0. The molecule has 0 aliphatic carbocycles. The molecule has 2 rings (SSSR count). The van der Waals surface area contributed by atoms with Gasteiger partial charge >= 0.3 is 0 Å². The summed E-state index contributed by atoms with van der Waals surface area (Å²) in [4.78, 5) is 4.44. The minimum atomic E-state index is -0.503. The van der Waals surface area contributed by atoms with Gasteiger partial charge in [0.15, 0.2) is 0 Å². The Balaban J connectivity index is 2.58. The quantitative estimate of drug-likeness (QED) is 0.824. The van der Waals surface area contributed by atoms with Gasteiger partial charge in [-0.1, -0.05) is 18.2 Å². The maximum Gasteiger partial charge on any atom is 0.0809 e. The first-order chi connectivity index (χ1) is 7.72. The molecule has 2 aromatic rings. The van der Waals surface area contributed by atoms with E-state index in [1.165, 1.54) is 0 Å². The van der Waals surface area contributed by atoms with E-state index in [-0.39, 0.29) is 0 Å². The predicted octanol–water partition coefficient (Wildman–Crippen LogP) is 1.93. The minimum absolute atomic E-state index is 0.483. The lowest BCUT2D eigenvalue weighted by Gasteiger charge is -2.13. The maximum atomic E-state index is 10.0. The molecule has 16 heavy (non-hydrogen) atoms. The molecule has 0 aliphatic heterocycles. The van der Waals surface area contributed by atoms with Gasteiger partial charge in [-0.05, 0) is 37.6 Å². The Kier molecular flexibility index (Phi) is 3.17. The highest BCUT2D eigenvalue weighted by Gasteiger charge is 2.11. The molecular weight excluding hydrogens is 200 g/mol. The maximum absolute atomic E-state index is 10.0. The van der Waals surface area contributed by atoms with Gasteiger partial charge in [0.05, 0.1) is 11.6 Å². The fourth-order valence-electron chi connectivity index (χ4n) is 1.93. The third-order valence-corrected chi connectivity index (χ3v) is 2.68. The van der Waals surface area contributed by atoms with Crippen molar-refractivity contribution in [2.75, 3.05) is 6.54 Å². The molecule has 3 nitrogen and oxygen atoms in total. The standard InChI is InChI=1S/C13H16N2O/c1-9-8-11(13(16)6-7-14)10-4-2-3-5-12(10)15-9/h2-5,8,13,16H,6-7,14H2,1H3. The van der Waals surface area contributed by atoms with Gasteiger partial charge in [-0.3, -0.25) is 4.98 Å². The summed E-state index contributed by atoms with van der Waals surface area (Å²) in [6.07, 6.45) is 0.0737. The Hall–Kier alpha value is -1.45. The van der Waals surface area contributed by atoms with E-state index in [9.17, 15) is 5.11 Å². The van der Waals surface area contributed by atoms with E-state index in [2.05, 4.69) is 4.98 Å². The van der Waals surface area contributed by atoms with Gasteiger partial charge in [0, 0.05) is 11.1 Å². The summed E-state index contributed by atoms with van der Waals surface area (Å²) in [6.45, 7) is 2.42. The van der Waals surface area contributed by atoms with Crippen molar-refractivity contribution < 1.29 is 5.11 Å². The number of aryl methyl sites for hydroxylation is 1. The molecule has 0 amide bonds. The molecule has 84 valence electrons. The van der Waals surface area contributed by atoms with Crippen LogP contribution in [0.5, 0.6) is 0 Å². The van der Waals surface area contributed by atoms with E-state index in [4.69, 9.17) is 5.73 Å². The number of hydrogen-bond acceptors (Lipinski definition) is 3. The molecule has 3 heteroatoms. The molecular formula is C13H16N2O. The van der Waals surface area contributed by atoms with Gasteiger partial charge in [-0.25, -0.2) is 0 Å². The molecule has 1 aromatic carbocycles. The number of pyridine rings is 1. The Morgan fingerprint density at radius 3 is 2.88 bits per heavy atom. The van der Waals surface area contributed by atoms with Crippen LogP contribution in [0, 0.1) is 6.92 Å². The van der Waals surface area contributed by atoms with Crippen molar-refractivity contribution in [3.8, 4) is 0 Å². The van der Waals surface area contributed by atoms with Crippen LogP contribution < -0.4 is 5.73 Å². The van der Waals surface area contributed by atoms with Crippen molar-refractivity contribution in [3.05, 3.63) is 41.6 Å². The van der Waals surface area contributed by atoms with Crippen LogP contribution >= 0.6 is 0 Å². The second-order valence-electron chi connectivity index (χ2n) is 3.96. The Bertz CT molecular complexity index is 496. The van der Waals surface area contributed by atoms with Gasteiger partial charge < -0.3 is 10.8 Å². The fourth-order valence-corrected chi connectivity index (χ4v) is 1.93. The summed E-state index contributed by atoms with van der Waals surface area (Å²) in [5, 5.41) is 11.0. The van der Waals surface area contributed by atoms with Crippen LogP contribution in [-0.4, -0.2) is 16.6 Å². The highest BCUT2D eigenvalue weighted by Crippen LogP contribution is 2.25. The number of nitrogens with zero attached hydrogens (tertiary/aromatic N) is 1. The van der Waals surface area contributed by atoms with Crippen molar-refractivity contribution in [1.29, 1.82) is 0 Å². The SMILES string of the molecule is Cc1cc(C(O)CCN)c2ccccc2n1. The number of benzene rings is 1. The van der Waals surface area contributed by atoms with Gasteiger partial charge in [0.25, 0.3) is 0 Å². The van der Waals surface area contributed by atoms with E-state index in [1.807, 2.05) is 37.3 Å². The average Bonchev–Trinajstić information content (AvgIpc) is 2.28. The largest absolute Gasteiger partial charge is 0.388 e. The number of rotatable bonds is 3. The molecule has 1 atom stereocenters. The second kappa shape index (κ2) is 4.60. The zero-order valence-electron chi connectivity index (χ0n) is 9.35. The van der Waals surface area contributed by atoms with Crippen molar-refractivity contribution in [2.45, 2.75) is 19.4 Å². The van der Waals surface area contributed by atoms with Crippen molar-refractivity contribution in [2.24, 2.45) is 5.73 Å². The average molecular weight is 216 g/mol. The van der Waals surface area contributed by atoms with E-state index in [0.29, 0.717) is 13.0 Å². The molecule has 0 saturated carbocycles. The summed E-state index contributed by atoms with van der Waals surface area (Å²) in [5.41, 5.74) is 8.24. The second-order valence-corrected chi connectivity index (χ2v) is 3.96. The third-order valence-electron chi connectivity index (χ3n) is 2.68. The topological polar surface area (TPSA) is 59.1 Å². The van der Waals surface area contributed by atoms with Crippen LogP contribution in [0.1, 0.15) is 23.8 Å². The number of aliphatic hydroxyl groups is 1. The highest BCUT2D eigenvalue weighted by molar-refractivity contribution is 5.82. The molecule has 1 aromatic heterocycles. The molecule has 0 spiro atoms. The van der Waals surface area contributed by atoms with Crippen molar-refractivity contribution in [1.82, 2.24) is 4.98 Å². The van der Waals surface area contributed by atoms with Crippen LogP contribution in [0.2, 0.25) is 0 Å². The fraction of sp³-hybridized carbons (Fsp3) is 0.308. The highest BCUT2D eigenvalue weighted by atomic mass is 16.3. The Morgan fingerprint density at radius 1 is 1.38 bits per heavy atom. The summed E-state index contributed by atoms with van der Waals surface area (Å²) in [6, 6.07) is 9.78. The third kappa shape index (κ3) is 2.05. The van der Waals surface area contributed by atoms with Crippen LogP contribution in [0.25, 0.3) is 10.9 Å². The molecule has 0 aliphatic rings. The van der Waals surface area contributed by atoms with Crippen molar-refractivity contribution in [3.63, 3.8) is 0 Å². The van der Waals surface area contributed by atoms with E-state index >= 15 is 0 Å². The Morgan fingerprint density at radius 2 is 2.12 bits per heavy atom. The Labute approximate surface area is 94.9 Å². The zero-order valence-corrected chi connectivity index (χ0v) is 9.35. The molecule has 1 heterocycles. The lowest BCUT2D eigenvalue weighted by molar-refractivity contribution is 0.171. The zero-order chi connectivity index (χ0) is 11.5. The molecule has 0 fully saturated rings. The van der Waals surface area contributed by atoms with Crippen LogP contribution in [-0.2, 0) is 0 Å². The van der Waals surface area contributed by atoms with Gasteiger partial charge in [-0.15, -0.1) is 0 Å². The first-order valence-electron chi connectivity index (χ1n) is 5.47. The van der Waals surface area contributed by atoms with Crippen LogP contribution in [0.3, 0.4) is 0 Å². The molecule has 1 unspecified atom stereocenters. The van der Waals surface area contributed by atoms with Crippen LogP contribution in [0.15, 0.2) is 30.3 Å². The first kappa shape index (κ1) is 11.0. The monoisotopic (exact) mass is 216 g/mol. The van der Waals surface area contributed by atoms with Crippen LogP contribution in [0.4, 0.5) is 0 Å². The number of aromatic nitrogens is 1. The van der Waals surface area contributed by atoms with Gasteiger partial charge in [-0.2, -0.15) is 0 Å². The summed E-state index contributed by atoms with van der Waals surface area (Å²) in [5.74, 6) is 0. The lowest BCUT2D eigenvalue weighted by atomic mass is 10.0. The van der Waals surface area contributed by atoms with E-state index < -0.39 is 6.10 Å².